The number of carbonyl (C=O) groups excluding carboxylic acids is 2. The van der Waals surface area contributed by atoms with Gasteiger partial charge in [0.05, 0.1) is 12.2 Å². The molecule has 0 unspecified atom stereocenters. The minimum atomic E-state index is -1.15. The van der Waals surface area contributed by atoms with Crippen molar-refractivity contribution in [3.8, 4) is 0 Å². The van der Waals surface area contributed by atoms with Gasteiger partial charge in [-0.2, -0.15) is 0 Å². The molecule has 2 heterocycles. The highest BCUT2D eigenvalue weighted by Gasteiger charge is 2.34. The molecule has 0 radical (unpaired) electrons. The van der Waals surface area contributed by atoms with Gasteiger partial charge in [0.1, 0.15) is 5.69 Å². The van der Waals surface area contributed by atoms with Gasteiger partial charge in [-0.1, -0.05) is 45.9 Å². The van der Waals surface area contributed by atoms with E-state index in [9.17, 15) is 14.4 Å². The molecule has 1 aromatic heterocycles. The van der Waals surface area contributed by atoms with E-state index in [0.29, 0.717) is 16.8 Å². The fraction of sp³-hybridized carbons (Fsp3) is 0.368. The van der Waals surface area contributed by atoms with Crippen LogP contribution in [0.15, 0.2) is 41.5 Å². The second kappa shape index (κ2) is 10.9. The molecule has 0 aliphatic carbocycles. The summed E-state index contributed by atoms with van der Waals surface area (Å²) in [6, 6.07) is 4.47. The van der Waals surface area contributed by atoms with Crippen LogP contribution in [-0.4, -0.2) is 32.8 Å². The number of amides is 2. The van der Waals surface area contributed by atoms with E-state index in [4.69, 9.17) is 5.11 Å². The summed E-state index contributed by atoms with van der Waals surface area (Å²) in [5.74, 6) is -1.92. The quantitative estimate of drug-likeness (QED) is 0.842. The standard InChI is InChI=1S/C15H14N2O4.2C2H6/c1-3-5-11-9(2)13(18)17(14(11)19)8-10-6-4-7-12(16-10)15(20)21;2*1-2/h3-7H,8H2,1-2H3,(H,20,21);2*1-2H3/b5-3-;;. The molecule has 1 N–H and O–H groups in total. The second-order valence-corrected chi connectivity index (χ2v) is 4.55. The zero-order chi connectivity index (χ0) is 19.6. The van der Waals surface area contributed by atoms with Gasteiger partial charge in [-0.15, -0.1) is 0 Å². The van der Waals surface area contributed by atoms with Crippen LogP contribution in [0.25, 0.3) is 0 Å². The third kappa shape index (κ3) is 5.38. The van der Waals surface area contributed by atoms with Crippen molar-refractivity contribution in [2.24, 2.45) is 0 Å². The van der Waals surface area contributed by atoms with Crippen LogP contribution < -0.4 is 0 Å². The Morgan fingerprint density at radius 2 is 1.76 bits per heavy atom. The van der Waals surface area contributed by atoms with Crippen LogP contribution in [-0.2, 0) is 16.1 Å². The number of pyridine rings is 1. The molecule has 6 heteroatoms. The summed E-state index contributed by atoms with van der Waals surface area (Å²) in [6.45, 7) is 11.3. The van der Waals surface area contributed by atoms with Gasteiger partial charge in [0.2, 0.25) is 0 Å². The Balaban J connectivity index is 0.00000134. The van der Waals surface area contributed by atoms with Gasteiger partial charge in [-0.05, 0) is 26.0 Å². The Morgan fingerprint density at radius 3 is 2.28 bits per heavy atom. The minimum Gasteiger partial charge on any atom is -0.477 e. The highest BCUT2D eigenvalue weighted by Crippen LogP contribution is 2.23. The van der Waals surface area contributed by atoms with Crippen molar-refractivity contribution in [1.82, 2.24) is 9.88 Å². The van der Waals surface area contributed by atoms with Gasteiger partial charge in [-0.25, -0.2) is 9.78 Å². The molecule has 2 amide bonds. The van der Waals surface area contributed by atoms with Gasteiger partial charge in [0, 0.05) is 11.1 Å². The molecule has 0 spiro atoms. The summed E-state index contributed by atoms with van der Waals surface area (Å²) in [4.78, 5) is 40.2. The number of carboxylic acids is 1. The van der Waals surface area contributed by atoms with Crippen molar-refractivity contribution in [1.29, 1.82) is 0 Å². The lowest BCUT2D eigenvalue weighted by atomic mass is 10.1. The lowest BCUT2D eigenvalue weighted by Crippen LogP contribution is -2.31. The molecule has 0 saturated heterocycles. The molecule has 136 valence electrons. The Hall–Kier alpha value is -2.76. The van der Waals surface area contributed by atoms with Crippen LogP contribution in [0, 0.1) is 0 Å². The average Bonchev–Trinajstić information content (AvgIpc) is 2.84. The minimum absolute atomic E-state index is 0.0445. The van der Waals surface area contributed by atoms with Crippen molar-refractivity contribution in [3.05, 3.63) is 52.9 Å². The van der Waals surface area contributed by atoms with Crippen molar-refractivity contribution in [2.45, 2.75) is 48.1 Å². The lowest BCUT2D eigenvalue weighted by Gasteiger charge is -2.14. The van der Waals surface area contributed by atoms with E-state index in [1.165, 1.54) is 12.1 Å². The van der Waals surface area contributed by atoms with Crippen LogP contribution in [0.3, 0.4) is 0 Å². The van der Waals surface area contributed by atoms with E-state index in [1.54, 1.807) is 32.1 Å². The molecule has 1 aromatic rings. The first-order chi connectivity index (χ1) is 12.0. The molecule has 2 rings (SSSR count). The van der Waals surface area contributed by atoms with Crippen molar-refractivity contribution < 1.29 is 19.5 Å². The van der Waals surface area contributed by atoms with E-state index >= 15 is 0 Å². The number of allylic oxidation sites excluding steroid dienone is 1. The van der Waals surface area contributed by atoms with Crippen molar-refractivity contribution in [2.75, 3.05) is 0 Å². The van der Waals surface area contributed by atoms with Crippen LogP contribution in [0.4, 0.5) is 0 Å². The zero-order valence-electron chi connectivity index (χ0n) is 15.7. The largest absolute Gasteiger partial charge is 0.477 e. The smallest absolute Gasteiger partial charge is 0.354 e. The predicted octanol–water partition coefficient (Wildman–Crippen LogP) is 3.59. The third-order valence-electron chi connectivity index (χ3n) is 3.12. The molecule has 6 nitrogen and oxygen atoms in total. The van der Waals surface area contributed by atoms with Gasteiger partial charge >= 0.3 is 5.97 Å². The zero-order valence-corrected chi connectivity index (χ0v) is 15.7. The monoisotopic (exact) mass is 346 g/mol. The molecular formula is C19H26N2O4. The van der Waals surface area contributed by atoms with E-state index in [0.717, 1.165) is 4.90 Å². The van der Waals surface area contributed by atoms with E-state index < -0.39 is 11.9 Å². The Kier molecular flexibility index (Phi) is 9.71. The van der Waals surface area contributed by atoms with Gasteiger partial charge in [-0.3, -0.25) is 14.5 Å². The predicted molar refractivity (Wildman–Crippen MR) is 97.0 cm³/mol. The molecule has 25 heavy (non-hydrogen) atoms. The molecule has 0 bridgehead atoms. The van der Waals surface area contributed by atoms with E-state index in [-0.39, 0.29) is 18.1 Å². The number of carboxylic acid groups (broad SMARTS) is 1. The number of hydrogen-bond donors (Lipinski definition) is 1. The fourth-order valence-corrected chi connectivity index (χ4v) is 2.07. The Labute approximate surface area is 148 Å². The number of carbonyl (C=O) groups is 3. The first-order valence-corrected chi connectivity index (χ1v) is 8.34. The molecule has 1 aliphatic rings. The van der Waals surface area contributed by atoms with E-state index in [2.05, 4.69) is 4.98 Å². The summed E-state index contributed by atoms with van der Waals surface area (Å²) in [5, 5.41) is 8.90. The number of rotatable bonds is 4. The first-order valence-electron chi connectivity index (χ1n) is 8.34. The summed E-state index contributed by atoms with van der Waals surface area (Å²) >= 11 is 0. The number of aromatic nitrogens is 1. The van der Waals surface area contributed by atoms with Gasteiger partial charge in [0.25, 0.3) is 11.8 Å². The summed E-state index contributed by atoms with van der Waals surface area (Å²) in [7, 11) is 0. The average molecular weight is 346 g/mol. The topological polar surface area (TPSA) is 87.6 Å². The highest BCUT2D eigenvalue weighted by atomic mass is 16.4. The van der Waals surface area contributed by atoms with Gasteiger partial charge < -0.3 is 5.11 Å². The van der Waals surface area contributed by atoms with Crippen LogP contribution in [0.1, 0.15) is 57.7 Å². The normalized spacial score (nSPS) is 13.4. The summed E-state index contributed by atoms with van der Waals surface area (Å²) in [5.41, 5.74) is 0.973. The molecule has 0 aromatic carbocycles. The number of nitrogens with zero attached hydrogens (tertiary/aromatic N) is 2. The molecule has 0 atom stereocenters. The molecular weight excluding hydrogens is 320 g/mol. The van der Waals surface area contributed by atoms with Gasteiger partial charge in [0.15, 0.2) is 0 Å². The first kappa shape index (κ1) is 22.2. The van der Waals surface area contributed by atoms with Crippen LogP contribution in [0.5, 0.6) is 0 Å². The maximum atomic E-state index is 12.2. The maximum Gasteiger partial charge on any atom is 0.354 e. The number of hydrogen-bond acceptors (Lipinski definition) is 4. The highest BCUT2D eigenvalue weighted by molar-refractivity contribution is 6.20. The third-order valence-corrected chi connectivity index (χ3v) is 3.12. The van der Waals surface area contributed by atoms with Crippen molar-refractivity contribution in [3.63, 3.8) is 0 Å². The van der Waals surface area contributed by atoms with Crippen LogP contribution in [0.2, 0.25) is 0 Å². The van der Waals surface area contributed by atoms with Crippen LogP contribution >= 0.6 is 0 Å². The Morgan fingerprint density at radius 1 is 1.16 bits per heavy atom. The molecule has 0 saturated carbocycles. The number of aromatic carboxylic acids is 1. The Bertz CT molecular complexity index is 690. The van der Waals surface area contributed by atoms with E-state index in [1.807, 2.05) is 27.7 Å². The fourth-order valence-electron chi connectivity index (χ4n) is 2.07. The molecule has 0 fully saturated rings. The second-order valence-electron chi connectivity index (χ2n) is 4.55. The lowest BCUT2D eigenvalue weighted by molar-refractivity contribution is -0.138. The SMILES string of the molecule is C/C=C\C1=C(C)C(=O)N(Cc2cccc(C(=O)O)n2)C1=O.CC.CC. The summed E-state index contributed by atoms with van der Waals surface area (Å²) in [6.07, 6.45) is 3.29. The number of imide groups is 1. The molecule has 1 aliphatic heterocycles. The summed E-state index contributed by atoms with van der Waals surface area (Å²) < 4.78 is 0. The van der Waals surface area contributed by atoms with Crippen molar-refractivity contribution >= 4 is 17.8 Å². The maximum absolute atomic E-state index is 12.2.